The van der Waals surface area contributed by atoms with Crippen molar-refractivity contribution >= 4 is 17.5 Å². The van der Waals surface area contributed by atoms with E-state index in [0.717, 1.165) is 5.43 Å². The Kier molecular flexibility index (Phi) is 4.08. The van der Waals surface area contributed by atoms with E-state index < -0.39 is 0 Å². The van der Waals surface area contributed by atoms with Gasteiger partial charge in [-0.2, -0.15) is 5.84 Å². The summed E-state index contributed by atoms with van der Waals surface area (Å²) in [5, 5.41) is 0.413. The second-order valence-electron chi connectivity index (χ2n) is 3.34. The van der Waals surface area contributed by atoms with Gasteiger partial charge in [0.1, 0.15) is 5.75 Å². The van der Waals surface area contributed by atoms with Gasteiger partial charge < -0.3 is 4.74 Å². The molecule has 0 saturated heterocycles. The predicted octanol–water partition coefficient (Wildman–Crippen LogP) is 0.705. The quantitative estimate of drug-likeness (QED) is 0.456. The third kappa shape index (κ3) is 3.20. The van der Waals surface area contributed by atoms with Crippen molar-refractivity contribution in [2.75, 3.05) is 0 Å². The number of carbonyl (C=O) groups excluding carboxylic acids is 1. The van der Waals surface area contributed by atoms with Gasteiger partial charge in [-0.3, -0.25) is 0 Å². The van der Waals surface area contributed by atoms with E-state index >= 15 is 0 Å². The molecule has 0 aliphatic rings. The molecule has 82 valence electrons. The van der Waals surface area contributed by atoms with Crippen LogP contribution in [0.1, 0.15) is 24.2 Å². The van der Waals surface area contributed by atoms with Crippen molar-refractivity contribution in [2.24, 2.45) is 5.84 Å². The Labute approximate surface area is 93.3 Å². The van der Waals surface area contributed by atoms with Crippen molar-refractivity contribution in [3.05, 3.63) is 28.8 Å². The second kappa shape index (κ2) is 5.11. The van der Waals surface area contributed by atoms with Crippen LogP contribution in [-0.2, 0) is 0 Å². The van der Waals surface area contributed by atoms with E-state index in [0.29, 0.717) is 16.3 Å². The Morgan fingerprint density at radius 3 is 2.67 bits per heavy atom. The zero-order valence-corrected chi connectivity index (χ0v) is 9.41. The molecule has 4 N–H and O–H groups in total. The molecule has 0 spiro atoms. The molecule has 4 nitrogen and oxygen atoms in total. The van der Waals surface area contributed by atoms with Crippen LogP contribution in [0.15, 0.2) is 18.2 Å². The fourth-order valence-corrected chi connectivity index (χ4v) is 1.32. The van der Waals surface area contributed by atoms with Gasteiger partial charge in [-0.25, -0.2) is 10.2 Å². The lowest BCUT2D eigenvalue weighted by atomic mass is 10.2. The van der Waals surface area contributed by atoms with Crippen LogP contribution >= 0.6 is 11.6 Å². The van der Waals surface area contributed by atoms with Gasteiger partial charge in [-0.1, -0.05) is 11.6 Å². The highest BCUT2D eigenvalue weighted by atomic mass is 35.5. The van der Waals surface area contributed by atoms with Crippen molar-refractivity contribution in [1.82, 2.24) is 0 Å². The third-order valence-electron chi connectivity index (χ3n) is 1.73. The molecule has 0 bridgehead atoms. The van der Waals surface area contributed by atoms with Crippen LogP contribution in [-0.4, -0.2) is 12.0 Å². The molecular weight excluding hydrogens is 216 g/mol. The lowest BCUT2D eigenvalue weighted by Gasteiger charge is -2.11. The van der Waals surface area contributed by atoms with Crippen LogP contribution < -0.4 is 16.0 Å². The lowest BCUT2D eigenvalue weighted by molar-refractivity contribution is -0.567. The number of benzene rings is 1. The van der Waals surface area contributed by atoms with Gasteiger partial charge in [-0.15, -0.1) is 0 Å². The SMILES string of the molecule is CC(C)Oc1ccc(C(=O)[NH2+]N)cc1Cl. The maximum absolute atomic E-state index is 11.2. The topological polar surface area (TPSA) is 68.9 Å². The molecule has 15 heavy (non-hydrogen) atoms. The summed E-state index contributed by atoms with van der Waals surface area (Å²) in [6.07, 6.45) is 0.0464. The maximum atomic E-state index is 11.2. The normalized spacial score (nSPS) is 10.5. The fraction of sp³-hybridized carbons (Fsp3) is 0.300. The minimum absolute atomic E-state index is 0.0464. The van der Waals surface area contributed by atoms with Gasteiger partial charge in [-0.05, 0) is 32.0 Å². The monoisotopic (exact) mass is 229 g/mol. The van der Waals surface area contributed by atoms with Crippen LogP contribution in [0, 0.1) is 0 Å². The van der Waals surface area contributed by atoms with Crippen LogP contribution in [0.2, 0.25) is 5.02 Å². The van der Waals surface area contributed by atoms with E-state index in [1.807, 2.05) is 13.8 Å². The lowest BCUT2D eigenvalue weighted by Crippen LogP contribution is -2.94. The minimum atomic E-state index is -0.256. The number of rotatable bonds is 3. The van der Waals surface area contributed by atoms with Gasteiger partial charge in [0, 0.05) is 0 Å². The summed E-state index contributed by atoms with van der Waals surface area (Å²) in [6.45, 7) is 3.81. The highest BCUT2D eigenvalue weighted by Crippen LogP contribution is 2.26. The zero-order valence-electron chi connectivity index (χ0n) is 8.66. The summed E-state index contributed by atoms with van der Waals surface area (Å²) < 4.78 is 5.43. The van der Waals surface area contributed by atoms with Crippen molar-refractivity contribution in [3.8, 4) is 5.75 Å². The average molecular weight is 230 g/mol. The van der Waals surface area contributed by atoms with Gasteiger partial charge in [0.2, 0.25) is 0 Å². The van der Waals surface area contributed by atoms with Crippen molar-refractivity contribution in [2.45, 2.75) is 20.0 Å². The standard InChI is InChI=1S/C10H13ClN2O2/c1-6(2)15-9-4-3-7(5-8(9)11)10(14)13-12/h3-6H,12H2,1-2H3,(H,13,14)/p+1. The van der Waals surface area contributed by atoms with Crippen LogP contribution in [0.25, 0.3) is 0 Å². The molecular formula is C10H14ClN2O2+. The van der Waals surface area contributed by atoms with Crippen molar-refractivity contribution in [3.63, 3.8) is 0 Å². The highest BCUT2D eigenvalue weighted by Gasteiger charge is 2.11. The predicted molar refractivity (Wildman–Crippen MR) is 57.7 cm³/mol. The summed E-state index contributed by atoms with van der Waals surface area (Å²) in [4.78, 5) is 11.2. The van der Waals surface area contributed by atoms with Crippen LogP contribution in [0.4, 0.5) is 0 Å². The molecule has 0 aliphatic carbocycles. The number of carbonyl (C=O) groups is 1. The first-order valence-electron chi connectivity index (χ1n) is 4.60. The Balaban J connectivity index is 2.93. The summed E-state index contributed by atoms with van der Waals surface area (Å²) in [7, 11) is 0. The van der Waals surface area contributed by atoms with E-state index in [9.17, 15) is 4.79 Å². The van der Waals surface area contributed by atoms with Crippen LogP contribution in [0.3, 0.4) is 0 Å². The molecule has 5 heteroatoms. The number of nitrogens with two attached hydrogens (primary N) is 2. The fourth-order valence-electron chi connectivity index (χ4n) is 1.10. The van der Waals surface area contributed by atoms with E-state index in [4.69, 9.17) is 22.2 Å². The highest BCUT2D eigenvalue weighted by molar-refractivity contribution is 6.32. The zero-order chi connectivity index (χ0) is 11.4. The van der Waals surface area contributed by atoms with Crippen LogP contribution in [0.5, 0.6) is 5.75 Å². The maximum Gasteiger partial charge on any atom is 0.361 e. The first-order chi connectivity index (χ1) is 7.04. The summed E-state index contributed by atoms with van der Waals surface area (Å²) in [5.74, 6) is 5.44. The minimum Gasteiger partial charge on any atom is -0.489 e. The molecule has 0 saturated carbocycles. The van der Waals surface area contributed by atoms with Gasteiger partial charge in [0.05, 0.1) is 16.7 Å². The Morgan fingerprint density at radius 1 is 1.53 bits per heavy atom. The molecule has 1 aromatic rings. The largest absolute Gasteiger partial charge is 0.489 e. The molecule has 0 radical (unpaired) electrons. The van der Waals surface area contributed by atoms with Crippen molar-refractivity contribution < 1.29 is 15.0 Å². The summed E-state index contributed by atoms with van der Waals surface area (Å²) in [6, 6.07) is 4.85. The number of hydrogen-bond donors (Lipinski definition) is 2. The first kappa shape index (κ1) is 12.0. The second-order valence-corrected chi connectivity index (χ2v) is 3.75. The number of hydrogen-bond acceptors (Lipinski definition) is 3. The number of ether oxygens (including phenoxy) is 1. The van der Waals surface area contributed by atoms with Gasteiger partial charge in [0.15, 0.2) is 0 Å². The molecule has 1 aromatic carbocycles. The smallest absolute Gasteiger partial charge is 0.361 e. The Hall–Kier alpha value is -1.10. The molecule has 0 fully saturated rings. The molecule has 0 unspecified atom stereocenters. The van der Waals surface area contributed by atoms with E-state index in [-0.39, 0.29) is 12.0 Å². The van der Waals surface area contributed by atoms with E-state index in [1.165, 1.54) is 0 Å². The molecule has 0 aromatic heterocycles. The average Bonchev–Trinajstić information content (AvgIpc) is 2.19. The molecule has 0 atom stereocenters. The summed E-state index contributed by atoms with van der Waals surface area (Å²) in [5.41, 5.74) is 1.47. The van der Waals surface area contributed by atoms with E-state index in [1.54, 1.807) is 18.2 Å². The Morgan fingerprint density at radius 2 is 2.20 bits per heavy atom. The molecule has 1 rings (SSSR count). The number of amides is 1. The van der Waals surface area contributed by atoms with Gasteiger partial charge in [0.25, 0.3) is 0 Å². The number of quaternary nitrogens is 1. The molecule has 0 heterocycles. The third-order valence-corrected chi connectivity index (χ3v) is 2.03. The Bertz CT molecular complexity index is 366. The number of primary amides is 1. The number of halogens is 1. The first-order valence-corrected chi connectivity index (χ1v) is 4.98. The van der Waals surface area contributed by atoms with Gasteiger partial charge >= 0.3 is 5.91 Å². The molecule has 1 amide bonds. The summed E-state index contributed by atoms with van der Waals surface area (Å²) >= 11 is 5.94. The van der Waals surface area contributed by atoms with E-state index in [2.05, 4.69) is 0 Å². The van der Waals surface area contributed by atoms with Crippen molar-refractivity contribution in [1.29, 1.82) is 0 Å². The molecule has 0 aliphatic heterocycles.